The molecule has 0 atom stereocenters. The zero-order valence-corrected chi connectivity index (χ0v) is 14.6. The van der Waals surface area contributed by atoms with Gasteiger partial charge < -0.3 is 9.80 Å². The molecule has 0 aliphatic carbocycles. The molecule has 1 aliphatic rings. The Morgan fingerprint density at radius 3 is 2.38 bits per heavy atom. The second-order valence-electron chi connectivity index (χ2n) is 5.93. The molecular weight excluding hydrogens is 349 g/mol. The van der Waals surface area contributed by atoms with Gasteiger partial charge >= 0.3 is 0 Å². The summed E-state index contributed by atoms with van der Waals surface area (Å²) in [5, 5.41) is 11.9. The fourth-order valence-corrected chi connectivity index (χ4v) is 3.32. The van der Waals surface area contributed by atoms with Crippen LogP contribution in [-0.4, -0.2) is 31.1 Å². The van der Waals surface area contributed by atoms with Gasteiger partial charge in [-0.3, -0.25) is 10.1 Å². The zero-order chi connectivity index (χ0) is 17.1. The molecule has 1 saturated heterocycles. The molecule has 0 aromatic heterocycles. The Morgan fingerprint density at radius 1 is 1.08 bits per heavy atom. The predicted molar refractivity (Wildman–Crippen MR) is 96.2 cm³/mol. The van der Waals surface area contributed by atoms with Crippen LogP contribution in [0.2, 0.25) is 10.0 Å². The Bertz CT molecular complexity index is 729. The van der Waals surface area contributed by atoms with Crippen LogP contribution in [0, 0.1) is 10.1 Å². The van der Waals surface area contributed by atoms with Crippen molar-refractivity contribution in [3.8, 4) is 0 Å². The molecule has 0 amide bonds. The number of benzene rings is 2. The number of piperazine rings is 1. The summed E-state index contributed by atoms with van der Waals surface area (Å²) in [6.45, 7) is 4.64. The number of nitro benzene ring substituents is 1. The zero-order valence-electron chi connectivity index (χ0n) is 13.0. The summed E-state index contributed by atoms with van der Waals surface area (Å²) in [5.41, 5.74) is 2.11. The number of halogens is 2. The number of rotatable bonds is 4. The summed E-state index contributed by atoms with van der Waals surface area (Å²) in [4.78, 5) is 14.3. The first-order valence-electron chi connectivity index (χ1n) is 7.80. The van der Waals surface area contributed by atoms with Gasteiger partial charge in [0.25, 0.3) is 5.69 Å². The van der Waals surface area contributed by atoms with Crippen molar-refractivity contribution in [3.05, 3.63) is 68.2 Å². The van der Waals surface area contributed by atoms with Gasteiger partial charge in [0, 0.05) is 22.3 Å². The van der Waals surface area contributed by atoms with Gasteiger partial charge in [0.1, 0.15) is 11.6 Å². The van der Waals surface area contributed by atoms with E-state index in [1.165, 1.54) is 10.6 Å². The van der Waals surface area contributed by atoms with Gasteiger partial charge in [-0.25, -0.2) is 0 Å². The molecule has 5 nitrogen and oxygen atoms in total. The minimum absolute atomic E-state index is 0.0200. The summed E-state index contributed by atoms with van der Waals surface area (Å²) in [6, 6.07) is 12.9. The highest BCUT2D eigenvalue weighted by molar-refractivity contribution is 6.32. The Hall–Kier alpha value is -1.82. The Kier molecular flexibility index (Phi) is 5.23. The van der Waals surface area contributed by atoms with Gasteiger partial charge in [-0.1, -0.05) is 29.3 Å². The lowest BCUT2D eigenvalue weighted by Gasteiger charge is -2.33. The highest BCUT2D eigenvalue weighted by Gasteiger charge is 2.21. The standard InChI is InChI=1S/C17H17Cl2N3O2/c18-14-2-4-15(5-3-14)21-9-7-20(8-10-21)12-13-1-6-16(19)17(11-13)22(23)24/h1-6,11H,7-10,12H2/p+1. The molecule has 3 rings (SSSR count). The maximum absolute atomic E-state index is 11.0. The van der Waals surface area contributed by atoms with E-state index in [-0.39, 0.29) is 10.7 Å². The molecule has 0 radical (unpaired) electrons. The molecule has 1 heterocycles. The summed E-state index contributed by atoms with van der Waals surface area (Å²) in [6.07, 6.45) is 0. The molecule has 2 aromatic carbocycles. The Labute approximate surface area is 150 Å². The summed E-state index contributed by atoms with van der Waals surface area (Å²) >= 11 is 11.8. The Morgan fingerprint density at radius 2 is 1.75 bits per heavy atom. The molecule has 7 heteroatoms. The monoisotopic (exact) mass is 366 g/mol. The molecule has 0 bridgehead atoms. The Balaban J connectivity index is 1.60. The van der Waals surface area contributed by atoms with Crippen molar-refractivity contribution >= 4 is 34.6 Å². The van der Waals surface area contributed by atoms with Crippen LogP contribution in [0.3, 0.4) is 0 Å². The maximum Gasteiger partial charge on any atom is 0.288 e. The van der Waals surface area contributed by atoms with Gasteiger partial charge in [0.2, 0.25) is 0 Å². The third kappa shape index (κ3) is 3.98. The van der Waals surface area contributed by atoms with Crippen molar-refractivity contribution in [2.24, 2.45) is 0 Å². The van der Waals surface area contributed by atoms with Crippen LogP contribution in [0.25, 0.3) is 0 Å². The molecule has 2 aromatic rings. The number of quaternary nitrogens is 1. The fourth-order valence-electron chi connectivity index (χ4n) is 3.01. The van der Waals surface area contributed by atoms with Crippen LogP contribution in [0.5, 0.6) is 0 Å². The third-order valence-corrected chi connectivity index (χ3v) is 4.90. The molecule has 0 unspecified atom stereocenters. The van der Waals surface area contributed by atoms with Crippen molar-refractivity contribution in [1.82, 2.24) is 0 Å². The van der Waals surface area contributed by atoms with Crippen molar-refractivity contribution in [2.45, 2.75) is 6.54 Å². The van der Waals surface area contributed by atoms with Crippen molar-refractivity contribution < 1.29 is 9.82 Å². The maximum atomic E-state index is 11.0. The van der Waals surface area contributed by atoms with Crippen molar-refractivity contribution in [2.75, 3.05) is 31.1 Å². The first kappa shape index (κ1) is 17.0. The van der Waals surface area contributed by atoms with E-state index in [1.807, 2.05) is 30.3 Å². The van der Waals surface area contributed by atoms with E-state index >= 15 is 0 Å². The smallest absolute Gasteiger partial charge is 0.288 e. The third-order valence-electron chi connectivity index (χ3n) is 4.32. The lowest BCUT2D eigenvalue weighted by Crippen LogP contribution is -3.13. The molecule has 0 saturated carbocycles. The van der Waals surface area contributed by atoms with Gasteiger partial charge in [0.15, 0.2) is 0 Å². The van der Waals surface area contributed by atoms with E-state index in [1.54, 1.807) is 12.1 Å². The van der Waals surface area contributed by atoms with E-state index in [4.69, 9.17) is 23.2 Å². The number of nitrogens with one attached hydrogen (secondary N) is 1. The summed E-state index contributed by atoms with van der Waals surface area (Å²) in [5.74, 6) is 0. The molecule has 1 aliphatic heterocycles. The minimum Gasteiger partial charge on any atom is -0.360 e. The largest absolute Gasteiger partial charge is 0.360 e. The number of anilines is 1. The molecule has 0 spiro atoms. The molecular formula is C17H18Cl2N3O2+. The quantitative estimate of drug-likeness (QED) is 0.668. The lowest BCUT2D eigenvalue weighted by molar-refractivity contribution is -0.914. The van der Waals surface area contributed by atoms with E-state index in [0.29, 0.717) is 0 Å². The fraction of sp³-hybridized carbons (Fsp3) is 0.294. The molecule has 1 N–H and O–H groups in total. The number of nitro groups is 1. The van der Waals surface area contributed by atoms with Crippen molar-refractivity contribution in [1.29, 1.82) is 0 Å². The highest BCUT2D eigenvalue weighted by atomic mass is 35.5. The van der Waals surface area contributed by atoms with E-state index in [9.17, 15) is 10.1 Å². The SMILES string of the molecule is O=[N+]([O-])c1cc(C[NH+]2CCN(c3ccc(Cl)cc3)CC2)ccc1Cl. The molecule has 24 heavy (non-hydrogen) atoms. The minimum atomic E-state index is -0.431. The highest BCUT2D eigenvalue weighted by Crippen LogP contribution is 2.24. The first-order chi connectivity index (χ1) is 11.5. The summed E-state index contributed by atoms with van der Waals surface area (Å²) < 4.78 is 0. The second-order valence-corrected chi connectivity index (χ2v) is 6.78. The molecule has 1 fully saturated rings. The topological polar surface area (TPSA) is 50.8 Å². The van der Waals surface area contributed by atoms with Crippen LogP contribution in [0.15, 0.2) is 42.5 Å². The van der Waals surface area contributed by atoms with Crippen LogP contribution in [-0.2, 0) is 6.54 Å². The van der Waals surface area contributed by atoms with Crippen LogP contribution in [0.4, 0.5) is 11.4 Å². The lowest BCUT2D eigenvalue weighted by atomic mass is 10.1. The van der Waals surface area contributed by atoms with Crippen LogP contribution in [0.1, 0.15) is 5.56 Å². The number of hydrogen-bond acceptors (Lipinski definition) is 3. The average Bonchev–Trinajstić information content (AvgIpc) is 2.58. The number of hydrogen-bond donors (Lipinski definition) is 1. The molecule has 126 valence electrons. The van der Waals surface area contributed by atoms with Crippen LogP contribution < -0.4 is 9.80 Å². The first-order valence-corrected chi connectivity index (χ1v) is 8.55. The summed E-state index contributed by atoms with van der Waals surface area (Å²) in [7, 11) is 0. The second kappa shape index (κ2) is 7.38. The van der Waals surface area contributed by atoms with Gasteiger partial charge in [-0.15, -0.1) is 0 Å². The van der Waals surface area contributed by atoms with Crippen molar-refractivity contribution in [3.63, 3.8) is 0 Å². The normalized spacial score (nSPS) is 15.5. The predicted octanol–water partition coefficient (Wildman–Crippen LogP) is 2.81. The average molecular weight is 367 g/mol. The van der Waals surface area contributed by atoms with Gasteiger partial charge in [-0.05, 0) is 30.3 Å². The van der Waals surface area contributed by atoms with Gasteiger partial charge in [-0.2, -0.15) is 0 Å². The number of nitrogens with zero attached hydrogens (tertiary/aromatic N) is 2. The van der Waals surface area contributed by atoms with E-state index in [0.717, 1.165) is 43.3 Å². The van der Waals surface area contributed by atoms with E-state index < -0.39 is 4.92 Å². The van der Waals surface area contributed by atoms with Crippen LogP contribution >= 0.6 is 23.2 Å². The van der Waals surface area contributed by atoms with Gasteiger partial charge in [0.05, 0.1) is 31.1 Å². The van der Waals surface area contributed by atoms with E-state index in [2.05, 4.69) is 4.90 Å².